The molecule has 2 fully saturated rings. The van der Waals surface area contributed by atoms with Crippen molar-refractivity contribution in [1.29, 1.82) is 0 Å². The van der Waals surface area contributed by atoms with Gasteiger partial charge in [-0.2, -0.15) is 0 Å². The van der Waals surface area contributed by atoms with Crippen LogP contribution < -0.4 is 4.90 Å². The Kier molecular flexibility index (Phi) is 5.08. The Balaban J connectivity index is 1.64. The first kappa shape index (κ1) is 15.5. The lowest BCUT2D eigenvalue weighted by Crippen LogP contribution is -2.58. The minimum Gasteiger partial charge on any atom is -0.395 e. The number of hydrogen-bond acceptors (Lipinski definition) is 4. The zero-order chi connectivity index (χ0) is 15.4. The van der Waals surface area contributed by atoms with E-state index in [0.717, 1.165) is 57.8 Å². The largest absolute Gasteiger partial charge is 0.395 e. The van der Waals surface area contributed by atoms with Crippen molar-refractivity contribution < 1.29 is 9.90 Å². The fraction of sp³-hybridized carbons (Fsp3) is 0.588. The predicted octanol–water partition coefficient (Wildman–Crippen LogP) is 0.792. The molecule has 3 rings (SSSR count). The first-order valence-corrected chi connectivity index (χ1v) is 8.23. The summed E-state index contributed by atoms with van der Waals surface area (Å²) in [6, 6.07) is 10.00. The van der Waals surface area contributed by atoms with E-state index in [0.29, 0.717) is 0 Å². The highest BCUT2D eigenvalue weighted by atomic mass is 16.3. The molecule has 2 aliphatic rings. The Morgan fingerprint density at radius 1 is 1.05 bits per heavy atom. The van der Waals surface area contributed by atoms with Crippen LogP contribution in [0, 0.1) is 0 Å². The molecule has 0 aliphatic carbocycles. The van der Waals surface area contributed by atoms with Gasteiger partial charge >= 0.3 is 0 Å². The molecule has 0 spiro atoms. The molecular weight excluding hydrogens is 278 g/mol. The fourth-order valence-corrected chi connectivity index (χ4v) is 3.50. The molecule has 1 atom stereocenters. The van der Waals surface area contributed by atoms with Gasteiger partial charge in [0.05, 0.1) is 12.6 Å². The number of aliphatic hydroxyl groups is 1. The average Bonchev–Trinajstić information content (AvgIpc) is 2.57. The number of para-hydroxylation sites is 1. The van der Waals surface area contributed by atoms with Crippen molar-refractivity contribution in [2.45, 2.75) is 18.9 Å². The number of β-amino-alcohol motifs (C(OH)–C–C–N with tert-alkyl or cyclic N) is 1. The summed E-state index contributed by atoms with van der Waals surface area (Å²) in [6.45, 7) is 5.49. The minimum atomic E-state index is 0.0187. The summed E-state index contributed by atoms with van der Waals surface area (Å²) in [6.07, 6.45) is 2.02. The number of nitrogens with zero attached hydrogens (tertiary/aromatic N) is 3. The summed E-state index contributed by atoms with van der Waals surface area (Å²) < 4.78 is 0. The number of piperazine rings is 1. The molecule has 1 aromatic rings. The van der Waals surface area contributed by atoms with Crippen LogP contribution in [-0.2, 0) is 4.79 Å². The molecule has 0 radical (unpaired) electrons. The Morgan fingerprint density at radius 2 is 1.77 bits per heavy atom. The van der Waals surface area contributed by atoms with Gasteiger partial charge in [0.1, 0.15) is 0 Å². The van der Waals surface area contributed by atoms with E-state index in [1.165, 1.54) is 0 Å². The van der Waals surface area contributed by atoms with Crippen LogP contribution in [0.4, 0.5) is 5.69 Å². The minimum absolute atomic E-state index is 0.0187. The molecule has 0 saturated carbocycles. The first-order valence-electron chi connectivity index (χ1n) is 8.23. The van der Waals surface area contributed by atoms with Crippen LogP contribution in [0.2, 0.25) is 0 Å². The zero-order valence-electron chi connectivity index (χ0n) is 13.0. The SMILES string of the molecule is O=C1[C@@H](N2CCN(CCO)CC2)CCCN1c1ccccc1. The van der Waals surface area contributed by atoms with Crippen LogP contribution >= 0.6 is 0 Å². The number of hydrogen-bond donors (Lipinski definition) is 1. The van der Waals surface area contributed by atoms with Crippen molar-refractivity contribution in [3.05, 3.63) is 30.3 Å². The summed E-state index contributed by atoms with van der Waals surface area (Å²) in [5.74, 6) is 0.244. The van der Waals surface area contributed by atoms with Crippen LogP contribution in [0.15, 0.2) is 30.3 Å². The number of piperidine rings is 1. The lowest BCUT2D eigenvalue weighted by molar-refractivity contribution is -0.126. The molecule has 2 heterocycles. The van der Waals surface area contributed by atoms with Gasteiger partial charge in [0.15, 0.2) is 0 Å². The van der Waals surface area contributed by atoms with E-state index in [9.17, 15) is 4.79 Å². The molecule has 2 aliphatic heterocycles. The molecule has 2 saturated heterocycles. The Bertz CT molecular complexity index is 486. The predicted molar refractivity (Wildman–Crippen MR) is 86.9 cm³/mol. The molecule has 0 bridgehead atoms. The van der Waals surface area contributed by atoms with E-state index in [4.69, 9.17) is 5.11 Å². The molecular formula is C17H25N3O2. The zero-order valence-corrected chi connectivity index (χ0v) is 13.0. The summed E-state index contributed by atoms with van der Waals surface area (Å²) >= 11 is 0. The van der Waals surface area contributed by atoms with E-state index < -0.39 is 0 Å². The van der Waals surface area contributed by atoms with Crippen LogP contribution in [0.25, 0.3) is 0 Å². The van der Waals surface area contributed by atoms with E-state index >= 15 is 0 Å². The van der Waals surface area contributed by atoms with Crippen LogP contribution in [0.1, 0.15) is 12.8 Å². The smallest absolute Gasteiger partial charge is 0.244 e. The number of aliphatic hydroxyl groups excluding tert-OH is 1. The van der Waals surface area contributed by atoms with E-state index in [1.807, 2.05) is 35.2 Å². The van der Waals surface area contributed by atoms with Crippen LogP contribution in [0.5, 0.6) is 0 Å². The fourth-order valence-electron chi connectivity index (χ4n) is 3.50. The number of carbonyl (C=O) groups is 1. The maximum absolute atomic E-state index is 12.9. The van der Waals surface area contributed by atoms with Crippen molar-refractivity contribution in [2.75, 3.05) is 50.8 Å². The maximum Gasteiger partial charge on any atom is 0.244 e. The molecule has 0 aromatic heterocycles. The number of amides is 1. The summed E-state index contributed by atoms with van der Waals surface area (Å²) in [5.41, 5.74) is 1.01. The van der Waals surface area contributed by atoms with Gasteiger partial charge in [0.2, 0.25) is 5.91 Å². The monoisotopic (exact) mass is 303 g/mol. The van der Waals surface area contributed by atoms with Crippen molar-refractivity contribution in [3.8, 4) is 0 Å². The third kappa shape index (κ3) is 3.32. The highest BCUT2D eigenvalue weighted by molar-refractivity contribution is 5.97. The summed E-state index contributed by atoms with van der Waals surface area (Å²) in [5, 5.41) is 9.02. The topological polar surface area (TPSA) is 47.0 Å². The molecule has 22 heavy (non-hydrogen) atoms. The lowest BCUT2D eigenvalue weighted by atomic mass is 10.0. The van der Waals surface area contributed by atoms with Gasteiger partial charge in [0.25, 0.3) is 0 Å². The van der Waals surface area contributed by atoms with Crippen molar-refractivity contribution in [1.82, 2.24) is 9.80 Å². The molecule has 1 amide bonds. The number of anilines is 1. The molecule has 1 N–H and O–H groups in total. The van der Waals surface area contributed by atoms with Gasteiger partial charge in [0, 0.05) is 45.0 Å². The van der Waals surface area contributed by atoms with Gasteiger partial charge in [-0.15, -0.1) is 0 Å². The number of rotatable bonds is 4. The Morgan fingerprint density at radius 3 is 2.45 bits per heavy atom. The van der Waals surface area contributed by atoms with E-state index in [2.05, 4.69) is 9.80 Å². The molecule has 0 unspecified atom stereocenters. The van der Waals surface area contributed by atoms with Crippen molar-refractivity contribution in [2.24, 2.45) is 0 Å². The number of benzene rings is 1. The van der Waals surface area contributed by atoms with Gasteiger partial charge < -0.3 is 10.0 Å². The second kappa shape index (κ2) is 7.22. The second-order valence-electron chi connectivity index (χ2n) is 6.08. The summed E-state index contributed by atoms with van der Waals surface area (Å²) in [7, 11) is 0. The molecule has 1 aromatic carbocycles. The quantitative estimate of drug-likeness (QED) is 0.893. The molecule has 5 nitrogen and oxygen atoms in total. The van der Waals surface area contributed by atoms with Crippen molar-refractivity contribution in [3.63, 3.8) is 0 Å². The molecule has 5 heteroatoms. The van der Waals surface area contributed by atoms with Gasteiger partial charge in [-0.25, -0.2) is 0 Å². The lowest BCUT2D eigenvalue weighted by Gasteiger charge is -2.42. The highest BCUT2D eigenvalue weighted by Crippen LogP contribution is 2.24. The van der Waals surface area contributed by atoms with Crippen molar-refractivity contribution >= 4 is 11.6 Å². The average molecular weight is 303 g/mol. The van der Waals surface area contributed by atoms with Crippen LogP contribution in [-0.4, -0.2) is 72.7 Å². The Labute approximate surface area is 132 Å². The first-order chi connectivity index (χ1) is 10.8. The second-order valence-corrected chi connectivity index (χ2v) is 6.08. The van der Waals surface area contributed by atoms with Gasteiger partial charge in [-0.1, -0.05) is 18.2 Å². The highest BCUT2D eigenvalue weighted by Gasteiger charge is 2.35. The standard InChI is InChI=1S/C17H25N3O2/c21-14-13-18-9-11-19(12-10-18)16-7-4-8-20(17(16)22)15-5-2-1-3-6-15/h1-3,5-6,16,21H,4,7-14H2/t16-/m0/s1. The Hall–Kier alpha value is -1.43. The van der Waals surface area contributed by atoms with Crippen LogP contribution in [0.3, 0.4) is 0 Å². The third-order valence-electron chi connectivity index (χ3n) is 4.74. The maximum atomic E-state index is 12.9. The molecule has 120 valence electrons. The van der Waals surface area contributed by atoms with E-state index in [-0.39, 0.29) is 18.6 Å². The summed E-state index contributed by atoms with van der Waals surface area (Å²) in [4.78, 5) is 19.4. The van der Waals surface area contributed by atoms with Gasteiger partial charge in [-0.3, -0.25) is 14.6 Å². The van der Waals surface area contributed by atoms with Gasteiger partial charge in [-0.05, 0) is 25.0 Å². The van der Waals surface area contributed by atoms with E-state index in [1.54, 1.807) is 0 Å². The number of carbonyl (C=O) groups excluding carboxylic acids is 1. The normalized spacial score (nSPS) is 24.7. The third-order valence-corrected chi connectivity index (χ3v) is 4.74.